The molecule has 0 unspecified atom stereocenters. The molecule has 2 heterocycles. The van der Waals surface area contributed by atoms with Gasteiger partial charge < -0.3 is 4.74 Å². The van der Waals surface area contributed by atoms with Gasteiger partial charge in [-0.25, -0.2) is 4.99 Å². The zero-order chi connectivity index (χ0) is 11.8. The van der Waals surface area contributed by atoms with Gasteiger partial charge >= 0.3 is 0 Å². The molecule has 2 nitrogen and oxygen atoms in total. The third-order valence-electron chi connectivity index (χ3n) is 3.08. The molecule has 2 aliphatic rings. The SMILES string of the molecule is CC1(C2=N[C@@H](C(C)(C)C)CO2)SCCCS1. The number of ether oxygens (including phenoxy) is 1. The van der Waals surface area contributed by atoms with E-state index in [1.807, 2.05) is 23.5 Å². The topological polar surface area (TPSA) is 21.6 Å². The summed E-state index contributed by atoms with van der Waals surface area (Å²) in [5, 5.41) is 0. The van der Waals surface area contributed by atoms with Crippen LogP contribution in [0.2, 0.25) is 0 Å². The summed E-state index contributed by atoms with van der Waals surface area (Å²) in [4.78, 5) is 4.81. The minimum Gasteiger partial charge on any atom is -0.477 e. The molecular weight excluding hydrogens is 238 g/mol. The maximum Gasteiger partial charge on any atom is 0.210 e. The van der Waals surface area contributed by atoms with Crippen LogP contribution in [-0.2, 0) is 4.74 Å². The van der Waals surface area contributed by atoms with Gasteiger partial charge in [0.1, 0.15) is 10.7 Å². The summed E-state index contributed by atoms with van der Waals surface area (Å²) in [5.41, 5.74) is 0.210. The Hall–Kier alpha value is 0.170. The Bertz CT molecular complexity index is 290. The maximum atomic E-state index is 5.84. The van der Waals surface area contributed by atoms with Crippen LogP contribution in [0.3, 0.4) is 0 Å². The quantitative estimate of drug-likeness (QED) is 0.720. The van der Waals surface area contributed by atoms with Crippen LogP contribution in [0.1, 0.15) is 34.1 Å². The van der Waals surface area contributed by atoms with Crippen LogP contribution in [0.5, 0.6) is 0 Å². The van der Waals surface area contributed by atoms with E-state index in [0.717, 1.165) is 12.5 Å². The first-order valence-corrected chi connectivity index (χ1v) is 7.88. The van der Waals surface area contributed by atoms with Gasteiger partial charge in [0, 0.05) is 0 Å². The minimum absolute atomic E-state index is 0.0677. The second-order valence-electron chi connectivity index (χ2n) is 5.62. The summed E-state index contributed by atoms with van der Waals surface area (Å²) in [5.74, 6) is 3.43. The molecule has 2 aliphatic heterocycles. The molecular formula is C12H21NOS2. The second-order valence-corrected chi connectivity index (χ2v) is 8.91. The molecule has 0 saturated carbocycles. The van der Waals surface area contributed by atoms with Gasteiger partial charge in [0.05, 0.1) is 6.04 Å². The zero-order valence-electron chi connectivity index (χ0n) is 10.6. The fourth-order valence-corrected chi connectivity index (χ4v) is 4.67. The van der Waals surface area contributed by atoms with Crippen LogP contribution in [0, 0.1) is 5.41 Å². The van der Waals surface area contributed by atoms with E-state index in [1.54, 1.807) is 0 Å². The molecule has 0 amide bonds. The number of aliphatic imine (C=N–C) groups is 1. The van der Waals surface area contributed by atoms with Crippen molar-refractivity contribution in [2.24, 2.45) is 10.4 Å². The first-order chi connectivity index (χ1) is 7.42. The molecule has 0 aromatic rings. The van der Waals surface area contributed by atoms with Crippen molar-refractivity contribution < 1.29 is 4.74 Å². The van der Waals surface area contributed by atoms with Crippen molar-refractivity contribution in [2.75, 3.05) is 18.1 Å². The number of thioether (sulfide) groups is 2. The summed E-state index contributed by atoms with van der Waals surface area (Å²) in [6.07, 6.45) is 1.31. The molecule has 16 heavy (non-hydrogen) atoms. The predicted molar refractivity (Wildman–Crippen MR) is 74.6 cm³/mol. The molecule has 0 bridgehead atoms. The average molecular weight is 259 g/mol. The van der Waals surface area contributed by atoms with E-state index in [1.165, 1.54) is 17.9 Å². The van der Waals surface area contributed by atoms with E-state index in [-0.39, 0.29) is 9.49 Å². The Morgan fingerprint density at radius 2 is 1.94 bits per heavy atom. The van der Waals surface area contributed by atoms with Gasteiger partial charge in [-0.05, 0) is 30.3 Å². The third-order valence-corrected chi connectivity index (χ3v) is 6.23. The van der Waals surface area contributed by atoms with E-state index < -0.39 is 0 Å². The average Bonchev–Trinajstić information content (AvgIpc) is 2.67. The first kappa shape index (κ1) is 12.6. The first-order valence-electron chi connectivity index (χ1n) is 5.91. The van der Waals surface area contributed by atoms with Crippen LogP contribution < -0.4 is 0 Å². The molecule has 1 atom stereocenters. The second kappa shape index (κ2) is 4.45. The fraction of sp³-hybridized carbons (Fsp3) is 0.917. The zero-order valence-corrected chi connectivity index (χ0v) is 12.2. The van der Waals surface area contributed by atoms with Crippen LogP contribution in [0.25, 0.3) is 0 Å². The lowest BCUT2D eigenvalue weighted by molar-refractivity contribution is 0.233. The van der Waals surface area contributed by atoms with Gasteiger partial charge in [0.15, 0.2) is 0 Å². The van der Waals surface area contributed by atoms with E-state index in [2.05, 4.69) is 27.7 Å². The van der Waals surface area contributed by atoms with Crippen LogP contribution in [0.4, 0.5) is 0 Å². The van der Waals surface area contributed by atoms with Gasteiger partial charge in [-0.15, -0.1) is 23.5 Å². The number of nitrogens with zero attached hydrogens (tertiary/aromatic N) is 1. The molecule has 0 aromatic heterocycles. The highest BCUT2D eigenvalue weighted by molar-refractivity contribution is 8.19. The van der Waals surface area contributed by atoms with E-state index >= 15 is 0 Å². The monoisotopic (exact) mass is 259 g/mol. The van der Waals surface area contributed by atoms with E-state index in [9.17, 15) is 0 Å². The lowest BCUT2D eigenvalue weighted by Crippen LogP contribution is -2.31. The van der Waals surface area contributed by atoms with Crippen molar-refractivity contribution in [3.8, 4) is 0 Å². The van der Waals surface area contributed by atoms with Crippen molar-refractivity contribution in [2.45, 2.75) is 44.2 Å². The normalized spacial score (nSPS) is 29.8. The maximum absolute atomic E-state index is 5.84. The highest BCUT2D eigenvalue weighted by atomic mass is 32.2. The number of rotatable bonds is 1. The van der Waals surface area contributed by atoms with E-state index in [4.69, 9.17) is 9.73 Å². The van der Waals surface area contributed by atoms with Crippen molar-refractivity contribution >= 4 is 29.4 Å². The lowest BCUT2D eigenvalue weighted by Gasteiger charge is -2.31. The molecule has 0 aromatic carbocycles. The third kappa shape index (κ3) is 2.53. The standard InChI is InChI=1S/C12H21NOS2/c1-11(2,3)9-8-14-10(13-9)12(4)15-6-5-7-16-12/h9H,5-8H2,1-4H3/t9-/m1/s1. The van der Waals surface area contributed by atoms with Crippen LogP contribution in [0.15, 0.2) is 4.99 Å². The van der Waals surface area contributed by atoms with Crippen LogP contribution >= 0.6 is 23.5 Å². The number of hydrogen-bond acceptors (Lipinski definition) is 4. The molecule has 1 fully saturated rings. The van der Waals surface area contributed by atoms with Gasteiger partial charge in [-0.2, -0.15) is 0 Å². The summed E-state index contributed by atoms with van der Waals surface area (Å²) >= 11 is 3.97. The molecule has 92 valence electrons. The van der Waals surface area contributed by atoms with Crippen LogP contribution in [-0.4, -0.2) is 34.1 Å². The molecule has 0 radical (unpaired) electrons. The Labute approximate surface area is 107 Å². The Morgan fingerprint density at radius 1 is 1.31 bits per heavy atom. The summed E-state index contributed by atoms with van der Waals surface area (Å²) in [7, 11) is 0. The lowest BCUT2D eigenvalue weighted by atomic mass is 9.88. The molecule has 1 saturated heterocycles. The predicted octanol–water partition coefficient (Wildman–Crippen LogP) is 3.42. The van der Waals surface area contributed by atoms with Crippen molar-refractivity contribution in [3.05, 3.63) is 0 Å². The Morgan fingerprint density at radius 3 is 2.44 bits per heavy atom. The Kier molecular flexibility index (Phi) is 3.51. The molecule has 2 rings (SSSR count). The van der Waals surface area contributed by atoms with Gasteiger partial charge in [-0.1, -0.05) is 20.8 Å². The van der Waals surface area contributed by atoms with Crippen molar-refractivity contribution in [1.29, 1.82) is 0 Å². The Balaban J connectivity index is 2.11. The van der Waals surface area contributed by atoms with Gasteiger partial charge in [0.2, 0.25) is 5.90 Å². The van der Waals surface area contributed by atoms with Gasteiger partial charge in [0.25, 0.3) is 0 Å². The molecule has 0 N–H and O–H groups in total. The smallest absolute Gasteiger partial charge is 0.210 e. The molecule has 0 aliphatic carbocycles. The summed E-state index contributed by atoms with van der Waals surface area (Å²) in [6.45, 7) is 9.71. The van der Waals surface area contributed by atoms with E-state index in [0.29, 0.717) is 6.04 Å². The van der Waals surface area contributed by atoms with Gasteiger partial charge in [-0.3, -0.25) is 0 Å². The van der Waals surface area contributed by atoms with Crippen molar-refractivity contribution in [1.82, 2.24) is 0 Å². The summed E-state index contributed by atoms with van der Waals surface area (Å²) < 4.78 is 5.91. The molecule has 4 heteroatoms. The largest absolute Gasteiger partial charge is 0.477 e. The summed E-state index contributed by atoms with van der Waals surface area (Å²) in [6, 6.07) is 0.322. The number of hydrogen-bond donors (Lipinski definition) is 0. The highest BCUT2D eigenvalue weighted by Gasteiger charge is 2.41. The molecule has 0 spiro atoms. The fourth-order valence-electron chi connectivity index (χ4n) is 1.82. The van der Waals surface area contributed by atoms with Crippen molar-refractivity contribution in [3.63, 3.8) is 0 Å². The minimum atomic E-state index is 0.0677. The highest BCUT2D eigenvalue weighted by Crippen LogP contribution is 2.45.